The van der Waals surface area contributed by atoms with Crippen LogP contribution in [0, 0.1) is 0 Å². The van der Waals surface area contributed by atoms with E-state index in [9.17, 15) is 26.4 Å². The molecule has 0 fully saturated rings. The van der Waals surface area contributed by atoms with E-state index < -0.39 is 32.7 Å². The zero-order valence-electron chi connectivity index (χ0n) is 20.6. The lowest BCUT2D eigenvalue weighted by Crippen LogP contribution is -2.15. The van der Waals surface area contributed by atoms with Gasteiger partial charge in [0, 0.05) is 27.6 Å². The molecule has 0 radical (unpaired) electrons. The predicted octanol–water partition coefficient (Wildman–Crippen LogP) is 7.58. The maximum absolute atomic E-state index is 13.1. The van der Waals surface area contributed by atoms with Gasteiger partial charge >= 0.3 is 6.18 Å². The van der Waals surface area contributed by atoms with Crippen LogP contribution in [0.1, 0.15) is 15.9 Å². The summed E-state index contributed by atoms with van der Waals surface area (Å²) in [6.45, 7) is 0.497. The van der Waals surface area contributed by atoms with Gasteiger partial charge in [-0.1, -0.05) is 29.8 Å². The molecule has 0 heterocycles. The third kappa shape index (κ3) is 7.93. The SMILES string of the molecule is O=C(Nc1ccc(S(=O)(=O)Nc2ccc(Cl)c(C(F)(F)F)c2)cc1)c1ccc(OCCSc2ccccc2)cc1. The summed E-state index contributed by atoms with van der Waals surface area (Å²) in [6.07, 6.45) is -4.74. The number of anilines is 2. The molecule has 0 spiro atoms. The zero-order chi connectivity index (χ0) is 28.8. The summed E-state index contributed by atoms with van der Waals surface area (Å²) in [5, 5.41) is 2.12. The number of hydrogen-bond acceptors (Lipinski definition) is 5. The first-order valence-electron chi connectivity index (χ1n) is 11.7. The second-order valence-corrected chi connectivity index (χ2v) is 11.6. The first-order valence-corrected chi connectivity index (χ1v) is 14.6. The number of alkyl halides is 3. The smallest absolute Gasteiger partial charge is 0.417 e. The van der Waals surface area contributed by atoms with Crippen LogP contribution in [-0.2, 0) is 16.2 Å². The number of benzene rings is 4. The molecule has 0 aromatic heterocycles. The molecule has 0 saturated carbocycles. The first kappa shape index (κ1) is 29.3. The molecule has 4 aromatic rings. The van der Waals surface area contributed by atoms with Crippen LogP contribution in [-0.4, -0.2) is 26.7 Å². The number of thioether (sulfide) groups is 1. The number of halogens is 4. The van der Waals surface area contributed by atoms with Crippen LogP contribution in [0.3, 0.4) is 0 Å². The Morgan fingerprint density at radius 3 is 2.17 bits per heavy atom. The molecule has 2 N–H and O–H groups in total. The number of sulfonamides is 1. The lowest BCUT2D eigenvalue weighted by Gasteiger charge is -2.13. The van der Waals surface area contributed by atoms with E-state index in [1.807, 2.05) is 30.3 Å². The maximum Gasteiger partial charge on any atom is 0.417 e. The van der Waals surface area contributed by atoms with Crippen LogP contribution in [0.2, 0.25) is 5.02 Å². The van der Waals surface area contributed by atoms with E-state index >= 15 is 0 Å². The van der Waals surface area contributed by atoms with Crippen LogP contribution in [0.25, 0.3) is 0 Å². The fraction of sp³-hybridized carbons (Fsp3) is 0.107. The summed E-state index contributed by atoms with van der Waals surface area (Å²) < 4.78 is 72.4. The number of hydrogen-bond donors (Lipinski definition) is 2. The normalized spacial score (nSPS) is 11.6. The number of carbonyl (C=O) groups excluding carboxylic acids is 1. The van der Waals surface area contributed by atoms with E-state index in [0.717, 1.165) is 22.8 Å². The Kier molecular flexibility index (Phi) is 9.28. The Morgan fingerprint density at radius 1 is 0.875 bits per heavy atom. The van der Waals surface area contributed by atoms with Gasteiger partial charge in [-0.2, -0.15) is 13.2 Å². The van der Waals surface area contributed by atoms with Crippen molar-refractivity contribution in [1.82, 2.24) is 0 Å². The topological polar surface area (TPSA) is 84.5 Å². The van der Waals surface area contributed by atoms with Gasteiger partial charge in [0.2, 0.25) is 0 Å². The highest BCUT2D eigenvalue weighted by Gasteiger charge is 2.33. The van der Waals surface area contributed by atoms with Crippen LogP contribution >= 0.6 is 23.4 Å². The molecule has 1 amide bonds. The molecule has 0 unspecified atom stereocenters. The lowest BCUT2D eigenvalue weighted by molar-refractivity contribution is -0.137. The van der Waals surface area contributed by atoms with E-state index in [4.69, 9.17) is 16.3 Å². The van der Waals surface area contributed by atoms with E-state index in [-0.39, 0.29) is 10.6 Å². The van der Waals surface area contributed by atoms with Crippen LogP contribution in [0.5, 0.6) is 5.75 Å². The average Bonchev–Trinajstić information content (AvgIpc) is 2.92. The van der Waals surface area contributed by atoms with Crippen LogP contribution in [0.15, 0.2) is 107 Å². The summed E-state index contributed by atoms with van der Waals surface area (Å²) >= 11 is 7.26. The molecule has 0 aliphatic heterocycles. The lowest BCUT2D eigenvalue weighted by atomic mass is 10.2. The van der Waals surface area contributed by atoms with Crippen LogP contribution < -0.4 is 14.8 Å². The van der Waals surface area contributed by atoms with Gasteiger partial charge in [-0.15, -0.1) is 11.8 Å². The number of carbonyl (C=O) groups is 1. The third-order valence-electron chi connectivity index (χ3n) is 5.43. The Bertz CT molecular complexity index is 1570. The first-order chi connectivity index (χ1) is 19.0. The van der Waals surface area contributed by atoms with E-state index in [1.54, 1.807) is 36.0 Å². The highest BCUT2D eigenvalue weighted by atomic mass is 35.5. The van der Waals surface area contributed by atoms with Gasteiger partial charge in [-0.3, -0.25) is 9.52 Å². The minimum Gasteiger partial charge on any atom is -0.493 e. The predicted molar refractivity (Wildman–Crippen MR) is 151 cm³/mol. The van der Waals surface area contributed by atoms with Crippen molar-refractivity contribution in [2.24, 2.45) is 0 Å². The summed E-state index contributed by atoms with van der Waals surface area (Å²) in [5.74, 6) is 0.970. The molecule has 0 atom stereocenters. The molecular formula is C28H22ClF3N2O4S2. The molecule has 0 aliphatic carbocycles. The molecule has 4 aromatic carbocycles. The van der Waals surface area contributed by atoms with Crippen LogP contribution in [0.4, 0.5) is 24.5 Å². The number of ether oxygens (including phenoxy) is 1. The van der Waals surface area contributed by atoms with Crippen molar-refractivity contribution in [3.63, 3.8) is 0 Å². The Hall–Kier alpha value is -3.67. The molecule has 0 bridgehead atoms. The van der Waals surface area contributed by atoms with Crippen molar-refractivity contribution >= 4 is 50.7 Å². The van der Waals surface area contributed by atoms with Crippen molar-refractivity contribution in [2.75, 3.05) is 22.4 Å². The fourth-order valence-electron chi connectivity index (χ4n) is 3.48. The van der Waals surface area contributed by atoms with Crippen molar-refractivity contribution in [3.8, 4) is 5.75 Å². The Balaban J connectivity index is 1.31. The fourth-order valence-corrected chi connectivity index (χ4v) is 5.51. The molecule has 12 heteroatoms. The standard InChI is InChI=1S/C28H22ClF3N2O4S2/c29-26-15-10-21(18-25(26)28(30,31)32)34-40(36,37)24-13-8-20(9-14-24)33-27(35)19-6-11-22(12-7-19)38-16-17-39-23-4-2-1-3-5-23/h1-15,18,34H,16-17H2,(H,33,35). The molecular weight excluding hydrogens is 585 g/mol. The van der Waals surface area contributed by atoms with Gasteiger partial charge in [0.05, 0.1) is 22.1 Å². The summed E-state index contributed by atoms with van der Waals surface area (Å²) in [4.78, 5) is 13.6. The molecule has 40 heavy (non-hydrogen) atoms. The summed E-state index contributed by atoms with van der Waals surface area (Å²) in [7, 11) is -4.20. The highest BCUT2D eigenvalue weighted by molar-refractivity contribution is 7.99. The molecule has 208 valence electrons. The van der Waals surface area contributed by atoms with E-state index in [1.165, 1.54) is 24.3 Å². The second-order valence-electron chi connectivity index (χ2n) is 8.31. The highest BCUT2D eigenvalue weighted by Crippen LogP contribution is 2.36. The largest absolute Gasteiger partial charge is 0.493 e. The Morgan fingerprint density at radius 2 is 1.52 bits per heavy atom. The minimum absolute atomic E-state index is 0.207. The van der Waals surface area contributed by atoms with Gasteiger partial charge in [0.1, 0.15) is 5.75 Å². The van der Waals surface area contributed by atoms with Crippen molar-refractivity contribution in [1.29, 1.82) is 0 Å². The van der Waals surface area contributed by atoms with Gasteiger partial charge in [0.15, 0.2) is 0 Å². The monoisotopic (exact) mass is 606 g/mol. The number of amides is 1. The second kappa shape index (κ2) is 12.7. The number of nitrogens with one attached hydrogen (secondary N) is 2. The van der Waals surface area contributed by atoms with Crippen molar-refractivity contribution in [2.45, 2.75) is 16.0 Å². The molecule has 0 saturated heterocycles. The van der Waals surface area contributed by atoms with Crippen molar-refractivity contribution < 1.29 is 31.1 Å². The maximum atomic E-state index is 13.1. The molecule has 0 aliphatic rings. The molecule has 6 nitrogen and oxygen atoms in total. The average molecular weight is 607 g/mol. The summed E-state index contributed by atoms with van der Waals surface area (Å²) in [6, 6.07) is 24.5. The van der Waals surface area contributed by atoms with E-state index in [0.29, 0.717) is 29.7 Å². The quantitative estimate of drug-likeness (QED) is 0.144. The Labute approximate surface area is 238 Å². The third-order valence-corrected chi connectivity index (χ3v) is 8.13. The van der Waals surface area contributed by atoms with Crippen molar-refractivity contribution in [3.05, 3.63) is 113 Å². The van der Waals surface area contributed by atoms with Gasteiger partial charge in [-0.25, -0.2) is 8.42 Å². The number of rotatable bonds is 10. The minimum atomic E-state index is -4.74. The van der Waals surface area contributed by atoms with Gasteiger partial charge < -0.3 is 10.1 Å². The summed E-state index contributed by atoms with van der Waals surface area (Å²) in [5.41, 5.74) is -0.758. The molecule has 4 rings (SSSR count). The van der Waals surface area contributed by atoms with Gasteiger partial charge in [0.25, 0.3) is 15.9 Å². The zero-order valence-corrected chi connectivity index (χ0v) is 23.0. The van der Waals surface area contributed by atoms with E-state index in [2.05, 4.69) is 10.0 Å². The van der Waals surface area contributed by atoms with Gasteiger partial charge in [-0.05, 0) is 78.9 Å².